The van der Waals surface area contributed by atoms with Gasteiger partial charge >= 0.3 is 5.97 Å². The van der Waals surface area contributed by atoms with Crippen molar-refractivity contribution < 1.29 is 9.53 Å². The number of fused-ring (bicyclic) bond motifs is 1. The summed E-state index contributed by atoms with van der Waals surface area (Å²) >= 11 is 7.90. The molecule has 0 saturated carbocycles. The second-order valence-corrected chi connectivity index (χ2v) is 8.40. The number of ether oxygens (including phenoxy) is 1. The van der Waals surface area contributed by atoms with Gasteiger partial charge in [-0.25, -0.2) is 14.8 Å². The lowest BCUT2D eigenvalue weighted by atomic mass is 10.0. The Morgan fingerprint density at radius 2 is 1.66 bits per heavy atom. The van der Waals surface area contributed by atoms with Gasteiger partial charge in [-0.3, -0.25) is 0 Å². The van der Waals surface area contributed by atoms with E-state index in [0.717, 1.165) is 21.5 Å². The Kier molecular flexibility index (Phi) is 5.67. The monoisotopic (exact) mass is 456 g/mol. The summed E-state index contributed by atoms with van der Waals surface area (Å²) < 4.78 is 5.64. The number of halogens is 1. The molecule has 3 aromatic carbocycles. The van der Waals surface area contributed by atoms with Gasteiger partial charge in [0.2, 0.25) is 0 Å². The molecule has 2 aromatic heterocycles. The number of carbonyl (C=O) groups is 1. The number of nitrogens with zero attached hydrogens (tertiary/aromatic N) is 2. The van der Waals surface area contributed by atoms with Crippen LogP contribution in [0.3, 0.4) is 0 Å². The van der Waals surface area contributed by atoms with Crippen molar-refractivity contribution in [3.8, 4) is 21.8 Å². The van der Waals surface area contributed by atoms with E-state index < -0.39 is 5.97 Å². The van der Waals surface area contributed by atoms with Crippen molar-refractivity contribution in [2.45, 2.75) is 6.61 Å². The molecule has 156 valence electrons. The third-order valence-electron chi connectivity index (χ3n) is 5.01. The second kappa shape index (κ2) is 8.91. The Balaban J connectivity index is 1.43. The van der Waals surface area contributed by atoms with Crippen molar-refractivity contribution in [2.75, 3.05) is 0 Å². The number of esters is 1. The van der Waals surface area contributed by atoms with Crippen LogP contribution in [0.15, 0.2) is 90.3 Å². The van der Waals surface area contributed by atoms with Crippen LogP contribution in [0, 0.1) is 0 Å². The summed E-state index contributed by atoms with van der Waals surface area (Å²) in [7, 11) is 0. The zero-order valence-corrected chi connectivity index (χ0v) is 18.4. The number of carbonyl (C=O) groups excluding carboxylic acids is 1. The van der Waals surface area contributed by atoms with E-state index in [4.69, 9.17) is 21.3 Å². The van der Waals surface area contributed by atoms with E-state index in [-0.39, 0.29) is 6.61 Å². The van der Waals surface area contributed by atoms with E-state index in [1.807, 2.05) is 78.2 Å². The molecule has 0 saturated heterocycles. The summed E-state index contributed by atoms with van der Waals surface area (Å²) in [6, 6.07) is 26.6. The number of pyridine rings is 1. The summed E-state index contributed by atoms with van der Waals surface area (Å²) in [5.74, 6) is -0.425. The topological polar surface area (TPSA) is 52.1 Å². The van der Waals surface area contributed by atoms with Crippen LogP contribution < -0.4 is 0 Å². The lowest BCUT2D eigenvalue weighted by Crippen LogP contribution is -2.07. The molecule has 0 radical (unpaired) electrons. The van der Waals surface area contributed by atoms with Gasteiger partial charge in [0.1, 0.15) is 11.6 Å². The van der Waals surface area contributed by atoms with Crippen LogP contribution in [0.1, 0.15) is 16.1 Å². The number of rotatable bonds is 5. The molecular formula is C26H17ClN2O2S. The Bertz CT molecular complexity index is 1420. The van der Waals surface area contributed by atoms with Crippen LogP contribution in [0.25, 0.3) is 32.7 Å². The van der Waals surface area contributed by atoms with Crippen LogP contribution in [-0.2, 0) is 11.3 Å². The van der Waals surface area contributed by atoms with Gasteiger partial charge in [0.25, 0.3) is 0 Å². The first-order valence-corrected chi connectivity index (χ1v) is 11.3. The maximum atomic E-state index is 13.1. The van der Waals surface area contributed by atoms with Crippen molar-refractivity contribution in [3.63, 3.8) is 0 Å². The van der Waals surface area contributed by atoms with Crippen molar-refractivity contribution >= 4 is 39.8 Å². The molecule has 4 nitrogen and oxygen atoms in total. The van der Waals surface area contributed by atoms with Crippen molar-refractivity contribution in [1.29, 1.82) is 0 Å². The quantitative estimate of drug-likeness (QED) is 0.266. The highest BCUT2D eigenvalue weighted by atomic mass is 35.5. The zero-order chi connectivity index (χ0) is 21.9. The largest absolute Gasteiger partial charge is 0.456 e. The summed E-state index contributed by atoms with van der Waals surface area (Å²) in [6.07, 6.45) is 0. The molecule has 0 aliphatic rings. The van der Waals surface area contributed by atoms with Crippen LogP contribution in [0.2, 0.25) is 5.02 Å². The molecule has 0 spiro atoms. The number of benzene rings is 3. The molecule has 5 aromatic rings. The minimum atomic E-state index is -0.425. The Morgan fingerprint density at radius 3 is 2.50 bits per heavy atom. The van der Waals surface area contributed by atoms with E-state index in [1.54, 1.807) is 12.1 Å². The Hall–Kier alpha value is -3.54. The SMILES string of the molecule is O=C(OCc1csc(-c2ccccc2)n1)c1cc(-c2ccccc2Cl)nc2ccccc12. The first-order valence-electron chi connectivity index (χ1n) is 10.0. The molecule has 0 aliphatic carbocycles. The molecule has 0 amide bonds. The summed E-state index contributed by atoms with van der Waals surface area (Å²) in [6.45, 7) is 0.0975. The average molecular weight is 457 g/mol. The molecule has 0 unspecified atom stereocenters. The molecular weight excluding hydrogens is 440 g/mol. The fraction of sp³-hybridized carbons (Fsp3) is 0.0385. The van der Waals surface area contributed by atoms with E-state index in [0.29, 0.717) is 27.5 Å². The highest BCUT2D eigenvalue weighted by Crippen LogP contribution is 2.30. The van der Waals surface area contributed by atoms with Crippen molar-refractivity contribution in [2.24, 2.45) is 0 Å². The van der Waals surface area contributed by atoms with E-state index in [9.17, 15) is 4.79 Å². The predicted molar refractivity (Wildman–Crippen MR) is 129 cm³/mol. The molecule has 0 bridgehead atoms. The Labute approximate surface area is 194 Å². The maximum absolute atomic E-state index is 13.1. The average Bonchev–Trinajstić information content (AvgIpc) is 3.32. The lowest BCUT2D eigenvalue weighted by Gasteiger charge is -2.10. The van der Waals surface area contributed by atoms with Gasteiger partial charge in [0.05, 0.1) is 22.5 Å². The molecule has 6 heteroatoms. The second-order valence-electron chi connectivity index (χ2n) is 7.14. The lowest BCUT2D eigenvalue weighted by molar-refractivity contribution is 0.0471. The van der Waals surface area contributed by atoms with E-state index in [1.165, 1.54) is 11.3 Å². The van der Waals surface area contributed by atoms with Gasteiger partial charge in [-0.1, -0.05) is 78.3 Å². The number of hydrogen-bond acceptors (Lipinski definition) is 5. The predicted octanol–water partition coefficient (Wildman–Crippen LogP) is 7.04. The van der Waals surface area contributed by atoms with Gasteiger partial charge in [-0.05, 0) is 18.2 Å². The maximum Gasteiger partial charge on any atom is 0.339 e. The zero-order valence-electron chi connectivity index (χ0n) is 16.9. The van der Waals surface area contributed by atoms with Crippen molar-refractivity contribution in [1.82, 2.24) is 9.97 Å². The number of thiazole rings is 1. The third kappa shape index (κ3) is 4.13. The molecule has 0 N–H and O–H groups in total. The number of hydrogen-bond donors (Lipinski definition) is 0. The van der Waals surface area contributed by atoms with Crippen molar-refractivity contribution in [3.05, 3.63) is 107 Å². The molecule has 0 atom stereocenters. The third-order valence-corrected chi connectivity index (χ3v) is 6.28. The molecule has 32 heavy (non-hydrogen) atoms. The smallest absolute Gasteiger partial charge is 0.339 e. The highest BCUT2D eigenvalue weighted by molar-refractivity contribution is 7.13. The van der Waals surface area contributed by atoms with Crippen LogP contribution in [0.4, 0.5) is 0 Å². The van der Waals surface area contributed by atoms with E-state index >= 15 is 0 Å². The van der Waals surface area contributed by atoms with Gasteiger partial charge in [-0.15, -0.1) is 11.3 Å². The van der Waals surface area contributed by atoms with Crippen LogP contribution in [0.5, 0.6) is 0 Å². The normalized spacial score (nSPS) is 10.9. The summed E-state index contributed by atoms with van der Waals surface area (Å²) in [5.41, 5.74) is 4.30. The van der Waals surface area contributed by atoms with Gasteiger partial charge in [-0.2, -0.15) is 0 Å². The van der Waals surface area contributed by atoms with Crippen LogP contribution >= 0.6 is 22.9 Å². The van der Waals surface area contributed by atoms with Gasteiger partial charge in [0.15, 0.2) is 0 Å². The van der Waals surface area contributed by atoms with Gasteiger partial charge in [0, 0.05) is 26.9 Å². The van der Waals surface area contributed by atoms with E-state index in [2.05, 4.69) is 4.98 Å². The first kappa shape index (κ1) is 20.4. The highest BCUT2D eigenvalue weighted by Gasteiger charge is 2.17. The molecule has 2 heterocycles. The van der Waals surface area contributed by atoms with Crippen LogP contribution in [-0.4, -0.2) is 15.9 Å². The number of para-hydroxylation sites is 1. The molecule has 0 fully saturated rings. The standard InChI is InChI=1S/C26H17ClN2O2S/c27-22-12-6-4-11-20(22)24-14-21(19-10-5-7-13-23(19)29-24)26(30)31-15-18-16-32-25(28-18)17-8-2-1-3-9-17/h1-14,16H,15H2. The Morgan fingerprint density at radius 1 is 0.906 bits per heavy atom. The fourth-order valence-corrected chi connectivity index (χ4v) is 4.50. The minimum absolute atomic E-state index is 0.0975. The molecule has 0 aliphatic heterocycles. The first-order chi connectivity index (χ1) is 15.7. The fourth-order valence-electron chi connectivity index (χ4n) is 3.46. The molecule has 5 rings (SSSR count). The number of aromatic nitrogens is 2. The van der Waals surface area contributed by atoms with Gasteiger partial charge < -0.3 is 4.74 Å². The minimum Gasteiger partial charge on any atom is -0.456 e. The summed E-state index contributed by atoms with van der Waals surface area (Å²) in [4.78, 5) is 22.4. The summed E-state index contributed by atoms with van der Waals surface area (Å²) in [5, 5.41) is 4.11.